The van der Waals surface area contributed by atoms with Crippen LogP contribution < -0.4 is 0 Å². The van der Waals surface area contributed by atoms with Crippen LogP contribution in [0.4, 0.5) is 4.79 Å². The van der Waals surface area contributed by atoms with Gasteiger partial charge in [0.2, 0.25) is 0 Å². The van der Waals surface area contributed by atoms with E-state index in [0.29, 0.717) is 12.5 Å². The van der Waals surface area contributed by atoms with Crippen LogP contribution in [0.15, 0.2) is 28.8 Å². The molecular formula is C23H29ClIN3O3. The molecule has 0 atom stereocenters. The summed E-state index contributed by atoms with van der Waals surface area (Å²) < 4.78 is 12.3. The van der Waals surface area contributed by atoms with E-state index in [9.17, 15) is 4.79 Å². The Morgan fingerprint density at radius 2 is 2.03 bits per heavy atom. The molecule has 8 heteroatoms. The van der Waals surface area contributed by atoms with Gasteiger partial charge < -0.3 is 14.2 Å². The third kappa shape index (κ3) is 5.37. The predicted octanol–water partition coefficient (Wildman–Crippen LogP) is 5.68. The third-order valence-corrected chi connectivity index (χ3v) is 7.22. The lowest BCUT2D eigenvalue weighted by Gasteiger charge is -2.58. The van der Waals surface area contributed by atoms with Gasteiger partial charge in [0.05, 0.1) is 12.2 Å². The molecule has 0 bridgehead atoms. The minimum atomic E-state index is -0.447. The molecule has 6 nitrogen and oxygen atoms in total. The summed E-state index contributed by atoms with van der Waals surface area (Å²) in [5, 5.41) is 5.08. The molecule has 1 aliphatic carbocycles. The fraction of sp³-hybridized carbons (Fsp3) is 0.565. The maximum absolute atomic E-state index is 12.2. The van der Waals surface area contributed by atoms with Crippen molar-refractivity contribution in [2.24, 2.45) is 5.41 Å². The van der Waals surface area contributed by atoms with E-state index < -0.39 is 5.60 Å². The number of ether oxygens (including phenoxy) is 1. The van der Waals surface area contributed by atoms with Crippen molar-refractivity contribution in [3.63, 3.8) is 0 Å². The Kier molecular flexibility index (Phi) is 6.31. The third-order valence-electron chi connectivity index (χ3n) is 5.93. The number of nitrogens with zero attached hydrogens (tertiary/aromatic N) is 3. The van der Waals surface area contributed by atoms with Crippen molar-refractivity contribution >= 4 is 40.3 Å². The van der Waals surface area contributed by atoms with Gasteiger partial charge in [0.1, 0.15) is 5.60 Å². The topological polar surface area (TPSA) is 58.8 Å². The summed E-state index contributed by atoms with van der Waals surface area (Å²) in [6.45, 7) is 8.75. The molecule has 2 fully saturated rings. The van der Waals surface area contributed by atoms with E-state index in [1.165, 1.54) is 9.13 Å². The molecule has 4 rings (SSSR count). The molecule has 0 N–H and O–H groups in total. The van der Waals surface area contributed by atoms with Gasteiger partial charge in [-0.05, 0) is 87.0 Å². The van der Waals surface area contributed by atoms with Crippen LogP contribution in [-0.2, 0) is 17.8 Å². The zero-order valence-electron chi connectivity index (χ0n) is 18.5. The quantitative estimate of drug-likeness (QED) is 0.443. The molecule has 1 saturated heterocycles. The van der Waals surface area contributed by atoms with Crippen molar-refractivity contribution in [2.75, 3.05) is 20.1 Å². The summed E-state index contributed by atoms with van der Waals surface area (Å²) in [5.41, 5.74) is 2.02. The second-order valence-electron chi connectivity index (χ2n) is 10.1. The average molecular weight is 558 g/mol. The molecule has 1 amide bonds. The summed E-state index contributed by atoms with van der Waals surface area (Å²) in [7, 11) is 2.07. The van der Waals surface area contributed by atoms with Gasteiger partial charge >= 0.3 is 6.09 Å². The number of amides is 1. The molecule has 168 valence electrons. The number of aromatic nitrogens is 1. The Morgan fingerprint density at radius 3 is 2.71 bits per heavy atom. The first kappa shape index (κ1) is 22.9. The van der Waals surface area contributed by atoms with Crippen molar-refractivity contribution in [3.05, 3.63) is 49.9 Å². The van der Waals surface area contributed by atoms with Crippen LogP contribution in [-0.4, -0.2) is 46.8 Å². The summed E-state index contributed by atoms with van der Waals surface area (Å²) in [4.78, 5) is 16.2. The van der Waals surface area contributed by atoms with Gasteiger partial charge in [-0.15, -0.1) is 0 Å². The van der Waals surface area contributed by atoms with Crippen LogP contribution in [0.5, 0.6) is 0 Å². The molecule has 0 radical (unpaired) electrons. The molecule has 2 aromatic rings. The number of carbonyl (C=O) groups excluding carboxylic acids is 1. The smallest absolute Gasteiger partial charge is 0.410 e. The van der Waals surface area contributed by atoms with E-state index >= 15 is 0 Å². The van der Waals surface area contributed by atoms with Gasteiger partial charge in [-0.25, -0.2) is 4.79 Å². The largest absolute Gasteiger partial charge is 0.444 e. The standard InChI is InChI=1S/C23H29ClIN3O3/c1-22(2,3)30-21(29)28-13-23(14-28)9-16(10-23)20-8-18(31-26-20)12-27(4)11-15-7-17(24)5-6-19(15)25/h5-8,16H,9-14H2,1-4H3. The van der Waals surface area contributed by atoms with Crippen molar-refractivity contribution in [1.29, 1.82) is 0 Å². The number of carbonyl (C=O) groups is 1. The van der Waals surface area contributed by atoms with E-state index in [-0.39, 0.29) is 11.5 Å². The first-order valence-corrected chi connectivity index (χ1v) is 12.0. The average Bonchev–Trinajstić information content (AvgIpc) is 3.02. The summed E-state index contributed by atoms with van der Waals surface area (Å²) in [6.07, 6.45) is 1.89. The fourth-order valence-corrected chi connectivity index (χ4v) is 5.25. The highest BCUT2D eigenvalue weighted by molar-refractivity contribution is 14.1. The number of hydrogen-bond donors (Lipinski definition) is 0. The van der Waals surface area contributed by atoms with Crippen molar-refractivity contribution < 1.29 is 14.1 Å². The molecular weight excluding hydrogens is 529 g/mol. The summed E-state index contributed by atoms with van der Waals surface area (Å²) >= 11 is 8.47. The maximum atomic E-state index is 12.2. The monoisotopic (exact) mass is 557 g/mol. The summed E-state index contributed by atoms with van der Waals surface area (Å²) in [6, 6.07) is 8.05. The van der Waals surface area contributed by atoms with Gasteiger partial charge in [0, 0.05) is 45.6 Å². The van der Waals surface area contributed by atoms with E-state index in [0.717, 1.165) is 49.0 Å². The van der Waals surface area contributed by atoms with Crippen LogP contribution in [0.25, 0.3) is 0 Å². The predicted molar refractivity (Wildman–Crippen MR) is 128 cm³/mol. The number of likely N-dealkylation sites (tertiary alicyclic amines) is 1. The molecule has 2 heterocycles. The fourth-order valence-electron chi connectivity index (χ4n) is 4.55. The second-order valence-corrected chi connectivity index (χ2v) is 11.7. The van der Waals surface area contributed by atoms with E-state index in [4.69, 9.17) is 20.9 Å². The molecule has 2 aliphatic rings. The second kappa shape index (κ2) is 8.56. The molecule has 0 unspecified atom stereocenters. The van der Waals surface area contributed by atoms with Crippen LogP contribution in [0, 0.1) is 8.99 Å². The highest BCUT2D eigenvalue weighted by Crippen LogP contribution is 2.56. The number of benzene rings is 1. The van der Waals surface area contributed by atoms with Crippen LogP contribution in [0.2, 0.25) is 5.02 Å². The number of halogens is 2. The van der Waals surface area contributed by atoms with E-state index in [1.54, 1.807) is 0 Å². The van der Waals surface area contributed by atoms with Crippen LogP contribution in [0.1, 0.15) is 56.5 Å². The van der Waals surface area contributed by atoms with Gasteiger partial charge in [-0.1, -0.05) is 16.8 Å². The molecule has 1 aliphatic heterocycles. The summed E-state index contributed by atoms with van der Waals surface area (Å²) in [5.74, 6) is 1.29. The van der Waals surface area contributed by atoms with E-state index in [1.807, 2.05) is 43.9 Å². The molecule has 1 saturated carbocycles. The SMILES string of the molecule is CN(Cc1cc(C2CC3(C2)CN(C(=O)OC(C)(C)C)C3)no1)Cc1cc(Cl)ccc1I. The van der Waals surface area contributed by atoms with Gasteiger partial charge in [0.25, 0.3) is 0 Å². The Bertz CT molecular complexity index is 957. The highest BCUT2D eigenvalue weighted by Gasteiger charge is 2.55. The lowest BCUT2D eigenvalue weighted by molar-refractivity contribution is -0.0794. The zero-order chi connectivity index (χ0) is 22.4. The Balaban J connectivity index is 1.25. The Morgan fingerprint density at radius 1 is 1.32 bits per heavy atom. The Hall–Kier alpha value is -1.32. The van der Waals surface area contributed by atoms with Crippen molar-refractivity contribution in [1.82, 2.24) is 15.0 Å². The molecule has 1 aromatic carbocycles. The highest BCUT2D eigenvalue weighted by atomic mass is 127. The maximum Gasteiger partial charge on any atom is 0.410 e. The number of rotatable bonds is 5. The van der Waals surface area contributed by atoms with Crippen molar-refractivity contribution in [3.8, 4) is 0 Å². The number of hydrogen-bond acceptors (Lipinski definition) is 5. The first-order chi connectivity index (χ1) is 14.5. The zero-order valence-corrected chi connectivity index (χ0v) is 21.4. The Labute approximate surface area is 202 Å². The molecule has 1 aromatic heterocycles. The van der Waals surface area contributed by atoms with Gasteiger partial charge in [0.15, 0.2) is 5.76 Å². The minimum Gasteiger partial charge on any atom is -0.444 e. The minimum absolute atomic E-state index is 0.206. The first-order valence-electron chi connectivity index (χ1n) is 10.6. The van der Waals surface area contributed by atoms with Gasteiger partial charge in [-0.3, -0.25) is 4.90 Å². The van der Waals surface area contributed by atoms with Crippen LogP contribution >= 0.6 is 34.2 Å². The normalized spacial score (nSPS) is 18.2. The molecule has 31 heavy (non-hydrogen) atoms. The van der Waals surface area contributed by atoms with Crippen molar-refractivity contribution in [2.45, 2.75) is 58.2 Å². The lowest BCUT2D eigenvalue weighted by atomic mass is 9.57. The van der Waals surface area contributed by atoms with E-state index in [2.05, 4.69) is 45.8 Å². The molecule has 1 spiro atoms. The van der Waals surface area contributed by atoms with Gasteiger partial charge in [-0.2, -0.15) is 0 Å². The lowest BCUT2D eigenvalue weighted by Crippen LogP contribution is -2.63. The van der Waals surface area contributed by atoms with Crippen LogP contribution in [0.3, 0.4) is 0 Å².